The van der Waals surface area contributed by atoms with Crippen molar-refractivity contribution in [2.24, 2.45) is 7.05 Å². The highest BCUT2D eigenvalue weighted by molar-refractivity contribution is 5.81. The predicted octanol–water partition coefficient (Wildman–Crippen LogP) is 1.80. The van der Waals surface area contributed by atoms with Gasteiger partial charge < -0.3 is 4.90 Å². The third-order valence-corrected chi connectivity index (χ3v) is 6.03. The van der Waals surface area contributed by atoms with E-state index in [-0.39, 0.29) is 17.4 Å². The molecule has 1 spiro atoms. The van der Waals surface area contributed by atoms with Crippen molar-refractivity contribution in [3.8, 4) is 0 Å². The molecule has 2 aliphatic heterocycles. The highest BCUT2D eigenvalue weighted by Gasteiger charge is 2.52. The summed E-state index contributed by atoms with van der Waals surface area (Å²) in [5.74, 6) is 0.503. The minimum Gasteiger partial charge on any atom is -0.339 e. The van der Waals surface area contributed by atoms with E-state index in [1.165, 1.54) is 5.56 Å². The number of carbonyl (C=O) groups excluding carboxylic acids is 1. The summed E-state index contributed by atoms with van der Waals surface area (Å²) in [5.41, 5.74) is 2.23. The van der Waals surface area contributed by atoms with Crippen LogP contribution in [0.25, 0.3) is 0 Å². The highest BCUT2D eigenvalue weighted by atomic mass is 16.2. The molecule has 25 heavy (non-hydrogen) atoms. The summed E-state index contributed by atoms with van der Waals surface area (Å²) in [6.45, 7) is 2.86. The molecule has 2 fully saturated rings. The lowest BCUT2D eigenvalue weighted by molar-refractivity contribution is -0.130. The molecule has 6 heteroatoms. The van der Waals surface area contributed by atoms with Crippen LogP contribution in [0.15, 0.2) is 36.8 Å². The second kappa shape index (κ2) is 6.26. The lowest BCUT2D eigenvalue weighted by Gasteiger charge is -2.46. The molecule has 0 N–H and O–H groups in total. The lowest BCUT2D eigenvalue weighted by Crippen LogP contribution is -2.53. The van der Waals surface area contributed by atoms with Gasteiger partial charge in [-0.2, -0.15) is 5.10 Å². The zero-order valence-corrected chi connectivity index (χ0v) is 14.9. The van der Waals surface area contributed by atoms with Gasteiger partial charge in [0.05, 0.1) is 17.4 Å². The van der Waals surface area contributed by atoms with Crippen molar-refractivity contribution in [3.63, 3.8) is 0 Å². The van der Waals surface area contributed by atoms with Crippen molar-refractivity contribution in [2.45, 2.75) is 37.3 Å². The van der Waals surface area contributed by atoms with Crippen LogP contribution in [0.2, 0.25) is 0 Å². The van der Waals surface area contributed by atoms with E-state index in [2.05, 4.69) is 27.2 Å². The molecule has 4 heterocycles. The van der Waals surface area contributed by atoms with Gasteiger partial charge in [0.2, 0.25) is 5.91 Å². The van der Waals surface area contributed by atoms with E-state index in [4.69, 9.17) is 0 Å². The van der Waals surface area contributed by atoms with Crippen LogP contribution in [0, 0.1) is 0 Å². The number of hydrogen-bond acceptors (Lipinski definition) is 4. The number of aromatic nitrogens is 3. The third-order valence-electron chi connectivity index (χ3n) is 6.03. The number of likely N-dealkylation sites (tertiary alicyclic amines) is 2. The van der Waals surface area contributed by atoms with Crippen molar-refractivity contribution in [1.29, 1.82) is 0 Å². The summed E-state index contributed by atoms with van der Waals surface area (Å²) in [4.78, 5) is 21.4. The molecule has 2 aromatic rings. The van der Waals surface area contributed by atoms with Gasteiger partial charge in [-0.1, -0.05) is 6.07 Å². The normalized spacial score (nSPS) is 23.5. The monoisotopic (exact) mass is 339 g/mol. The Hall–Kier alpha value is -2.21. The van der Waals surface area contributed by atoms with Crippen molar-refractivity contribution in [1.82, 2.24) is 24.6 Å². The molecule has 0 saturated carbocycles. The van der Waals surface area contributed by atoms with Crippen LogP contribution in [0.1, 0.15) is 36.4 Å². The van der Waals surface area contributed by atoms with Crippen molar-refractivity contribution in [3.05, 3.63) is 48.0 Å². The van der Waals surface area contributed by atoms with Crippen molar-refractivity contribution in [2.75, 3.05) is 20.1 Å². The number of rotatable bonds is 3. The number of nitrogens with zero attached hydrogens (tertiary/aromatic N) is 5. The van der Waals surface area contributed by atoms with E-state index in [9.17, 15) is 4.79 Å². The molecule has 1 amide bonds. The fourth-order valence-electron chi connectivity index (χ4n) is 4.53. The molecular weight excluding hydrogens is 314 g/mol. The molecule has 4 rings (SSSR count). The van der Waals surface area contributed by atoms with Crippen LogP contribution < -0.4 is 0 Å². The van der Waals surface area contributed by atoms with E-state index in [0.29, 0.717) is 6.42 Å². The number of pyridine rings is 1. The number of piperidine rings is 1. The largest absolute Gasteiger partial charge is 0.339 e. The van der Waals surface area contributed by atoms with E-state index in [0.717, 1.165) is 38.2 Å². The van der Waals surface area contributed by atoms with E-state index < -0.39 is 0 Å². The standard InChI is InChI=1S/C19H25N5O/c1-22-13-15(12-21-22)17-11-18(25)23(2)19(17)6-9-24(10-7-19)14-16-5-3-4-8-20-16/h3-5,8,12-13,17H,6-7,9-11,14H2,1-2H3. The van der Waals surface area contributed by atoms with Crippen molar-refractivity contribution < 1.29 is 4.79 Å². The molecule has 2 aromatic heterocycles. The Bertz CT molecular complexity index is 748. The molecule has 0 radical (unpaired) electrons. The van der Waals surface area contributed by atoms with Gasteiger partial charge in [-0.15, -0.1) is 0 Å². The van der Waals surface area contributed by atoms with Gasteiger partial charge in [0, 0.05) is 58.5 Å². The maximum atomic E-state index is 12.5. The molecule has 6 nitrogen and oxygen atoms in total. The number of likely N-dealkylation sites (N-methyl/N-ethyl adjacent to an activating group) is 1. The maximum absolute atomic E-state index is 12.5. The Labute approximate surface area is 148 Å². The second-order valence-corrected chi connectivity index (χ2v) is 7.36. The van der Waals surface area contributed by atoms with Gasteiger partial charge in [-0.05, 0) is 30.5 Å². The third kappa shape index (κ3) is 2.84. The first-order valence-corrected chi connectivity index (χ1v) is 8.96. The molecular formula is C19H25N5O. The lowest BCUT2D eigenvalue weighted by atomic mass is 9.74. The zero-order chi connectivity index (χ0) is 17.4. The van der Waals surface area contributed by atoms with Crippen LogP contribution in [-0.2, 0) is 18.4 Å². The summed E-state index contributed by atoms with van der Waals surface area (Å²) in [6, 6.07) is 6.07. The molecule has 0 bridgehead atoms. The minimum absolute atomic E-state index is 0.0687. The SMILES string of the molecule is CN1C(=O)CC(c2cnn(C)c2)C12CCN(Cc1ccccn1)CC2. The van der Waals surface area contributed by atoms with E-state index in [1.807, 2.05) is 48.2 Å². The van der Waals surface area contributed by atoms with Gasteiger partial charge in [0.1, 0.15) is 0 Å². The van der Waals surface area contributed by atoms with E-state index in [1.54, 1.807) is 0 Å². The molecule has 1 atom stereocenters. The Morgan fingerprint density at radius 1 is 1.24 bits per heavy atom. The summed E-state index contributed by atoms with van der Waals surface area (Å²) >= 11 is 0. The maximum Gasteiger partial charge on any atom is 0.223 e. The number of carbonyl (C=O) groups is 1. The quantitative estimate of drug-likeness (QED) is 0.856. The highest BCUT2D eigenvalue weighted by Crippen LogP contribution is 2.48. The van der Waals surface area contributed by atoms with Gasteiger partial charge in [-0.3, -0.25) is 19.4 Å². The smallest absolute Gasteiger partial charge is 0.223 e. The molecule has 132 valence electrons. The Kier molecular flexibility index (Phi) is 4.07. The Balaban J connectivity index is 1.51. The topological polar surface area (TPSA) is 54.3 Å². The van der Waals surface area contributed by atoms with Crippen LogP contribution in [0.3, 0.4) is 0 Å². The van der Waals surface area contributed by atoms with Crippen LogP contribution in [0.5, 0.6) is 0 Å². The molecule has 2 saturated heterocycles. The average Bonchev–Trinajstić information content (AvgIpc) is 3.15. The van der Waals surface area contributed by atoms with Gasteiger partial charge in [-0.25, -0.2) is 0 Å². The predicted molar refractivity (Wildman–Crippen MR) is 94.8 cm³/mol. The Morgan fingerprint density at radius 2 is 2.04 bits per heavy atom. The van der Waals surface area contributed by atoms with Crippen LogP contribution >= 0.6 is 0 Å². The average molecular weight is 339 g/mol. The second-order valence-electron chi connectivity index (χ2n) is 7.36. The summed E-state index contributed by atoms with van der Waals surface area (Å²) in [6.07, 6.45) is 8.45. The molecule has 0 aromatic carbocycles. The fraction of sp³-hybridized carbons (Fsp3) is 0.526. The minimum atomic E-state index is -0.0687. The zero-order valence-electron chi connectivity index (χ0n) is 14.9. The van der Waals surface area contributed by atoms with Gasteiger partial charge in [0.15, 0.2) is 0 Å². The molecule has 1 unspecified atom stereocenters. The van der Waals surface area contributed by atoms with Crippen LogP contribution in [0.4, 0.5) is 0 Å². The first-order valence-electron chi connectivity index (χ1n) is 8.96. The first-order chi connectivity index (χ1) is 12.1. The van der Waals surface area contributed by atoms with Gasteiger partial charge >= 0.3 is 0 Å². The summed E-state index contributed by atoms with van der Waals surface area (Å²) in [5, 5.41) is 4.33. The summed E-state index contributed by atoms with van der Waals surface area (Å²) in [7, 11) is 3.92. The number of aryl methyl sites for hydroxylation is 1. The first kappa shape index (κ1) is 16.3. The molecule has 2 aliphatic rings. The van der Waals surface area contributed by atoms with Crippen LogP contribution in [-0.4, -0.2) is 56.1 Å². The summed E-state index contributed by atoms with van der Waals surface area (Å²) < 4.78 is 1.84. The molecule has 0 aliphatic carbocycles. The van der Waals surface area contributed by atoms with Crippen molar-refractivity contribution >= 4 is 5.91 Å². The number of hydrogen-bond donors (Lipinski definition) is 0. The van der Waals surface area contributed by atoms with Gasteiger partial charge in [0.25, 0.3) is 0 Å². The fourth-order valence-corrected chi connectivity index (χ4v) is 4.53. The Morgan fingerprint density at radius 3 is 2.68 bits per heavy atom. The van der Waals surface area contributed by atoms with E-state index >= 15 is 0 Å². The number of amides is 1.